The lowest BCUT2D eigenvalue weighted by atomic mass is 10.1. The first kappa shape index (κ1) is 16.1. The Morgan fingerprint density at radius 3 is 2.33 bits per heavy atom. The number of hydrogen-bond acceptors (Lipinski definition) is 2. The van der Waals surface area contributed by atoms with E-state index < -0.39 is 0 Å². The molecule has 4 nitrogen and oxygen atoms in total. The number of carbonyl (C=O) groups is 1. The summed E-state index contributed by atoms with van der Waals surface area (Å²) in [6, 6.07) is 7.68. The summed E-state index contributed by atoms with van der Waals surface area (Å²) in [7, 11) is 0. The molecule has 1 saturated heterocycles. The Labute approximate surface area is 132 Å². The lowest BCUT2D eigenvalue weighted by Gasteiger charge is -2.45. The monoisotopic (exact) mass is 309 g/mol. The third-order valence-corrected chi connectivity index (χ3v) is 4.03. The fourth-order valence-electron chi connectivity index (χ4n) is 2.64. The van der Waals surface area contributed by atoms with Gasteiger partial charge < -0.3 is 10.2 Å². The van der Waals surface area contributed by atoms with Crippen LogP contribution in [0.25, 0.3) is 0 Å². The quantitative estimate of drug-likeness (QED) is 0.870. The van der Waals surface area contributed by atoms with E-state index in [1.807, 2.05) is 17.0 Å². The number of carbonyl (C=O) groups excluding carboxylic acids is 1. The maximum absolute atomic E-state index is 12.1. The van der Waals surface area contributed by atoms with E-state index in [2.05, 4.69) is 24.1 Å². The van der Waals surface area contributed by atoms with Gasteiger partial charge in [0.1, 0.15) is 0 Å². The second-order valence-corrected chi connectivity index (χ2v) is 5.97. The zero-order valence-corrected chi connectivity index (χ0v) is 13.6. The molecule has 1 aromatic carbocycles. The molecular weight excluding hydrogens is 286 g/mol. The largest absolute Gasteiger partial charge is 0.321 e. The number of likely N-dealkylation sites (tertiary alicyclic amines) is 1. The molecule has 0 unspecified atom stereocenters. The molecule has 1 N–H and O–H groups in total. The van der Waals surface area contributed by atoms with Crippen molar-refractivity contribution in [1.82, 2.24) is 9.80 Å². The maximum atomic E-state index is 12.1. The van der Waals surface area contributed by atoms with Crippen LogP contribution in [0.1, 0.15) is 26.7 Å². The normalized spacial score (nSPS) is 15.1. The van der Waals surface area contributed by atoms with Crippen molar-refractivity contribution in [2.24, 2.45) is 0 Å². The maximum Gasteiger partial charge on any atom is 0.321 e. The van der Waals surface area contributed by atoms with Crippen LogP contribution < -0.4 is 5.32 Å². The third-order valence-electron chi connectivity index (χ3n) is 3.78. The molecule has 1 fully saturated rings. The average Bonchev–Trinajstić information content (AvgIpc) is 2.40. The summed E-state index contributed by atoms with van der Waals surface area (Å²) in [5.74, 6) is 0. The zero-order valence-electron chi connectivity index (χ0n) is 12.8. The number of halogens is 1. The number of urea groups is 1. The van der Waals surface area contributed by atoms with Crippen LogP contribution in [-0.4, -0.2) is 48.1 Å². The zero-order chi connectivity index (χ0) is 15.2. The van der Waals surface area contributed by atoms with Gasteiger partial charge in [-0.15, -0.1) is 0 Å². The third kappa shape index (κ3) is 4.35. The second kappa shape index (κ2) is 7.66. The van der Waals surface area contributed by atoms with Crippen LogP contribution in [0.4, 0.5) is 10.5 Å². The summed E-state index contributed by atoms with van der Waals surface area (Å²) in [5.41, 5.74) is 0.784. The summed E-state index contributed by atoms with van der Waals surface area (Å²) >= 11 is 5.83. The molecule has 0 aromatic heterocycles. The Hall–Kier alpha value is -1.26. The minimum atomic E-state index is -0.0264. The highest BCUT2D eigenvalue weighted by atomic mass is 35.5. The molecule has 0 radical (unpaired) electrons. The van der Waals surface area contributed by atoms with Gasteiger partial charge in [0, 0.05) is 29.8 Å². The summed E-state index contributed by atoms with van der Waals surface area (Å²) in [4.78, 5) is 16.5. The number of amides is 2. The molecule has 0 saturated carbocycles. The van der Waals surface area contributed by atoms with Gasteiger partial charge in [-0.2, -0.15) is 0 Å². The minimum Gasteiger partial charge on any atom is -0.321 e. The van der Waals surface area contributed by atoms with E-state index in [0.717, 1.165) is 44.7 Å². The summed E-state index contributed by atoms with van der Waals surface area (Å²) in [6.45, 7) is 8.27. The molecule has 2 rings (SSSR count). The van der Waals surface area contributed by atoms with Gasteiger partial charge in [-0.25, -0.2) is 4.79 Å². The Kier molecular flexibility index (Phi) is 5.88. The molecule has 0 bridgehead atoms. The topological polar surface area (TPSA) is 35.6 Å². The number of anilines is 1. The van der Waals surface area contributed by atoms with E-state index in [4.69, 9.17) is 11.6 Å². The van der Waals surface area contributed by atoms with Crippen LogP contribution in [0.15, 0.2) is 24.3 Å². The highest BCUT2D eigenvalue weighted by Crippen LogP contribution is 2.19. The van der Waals surface area contributed by atoms with Crippen molar-refractivity contribution in [2.45, 2.75) is 32.7 Å². The molecule has 1 aliphatic rings. The Morgan fingerprint density at radius 2 is 1.81 bits per heavy atom. The summed E-state index contributed by atoms with van der Waals surface area (Å²) in [5, 5.41) is 3.58. The van der Waals surface area contributed by atoms with Gasteiger partial charge in [0.25, 0.3) is 0 Å². The summed E-state index contributed by atoms with van der Waals surface area (Å²) < 4.78 is 0. The number of benzene rings is 1. The number of hydrogen-bond donors (Lipinski definition) is 1. The van der Waals surface area contributed by atoms with Crippen molar-refractivity contribution < 1.29 is 4.79 Å². The van der Waals surface area contributed by atoms with Crippen molar-refractivity contribution in [3.63, 3.8) is 0 Å². The number of nitrogens with zero attached hydrogens (tertiary/aromatic N) is 2. The van der Waals surface area contributed by atoms with E-state index in [0.29, 0.717) is 11.1 Å². The van der Waals surface area contributed by atoms with Gasteiger partial charge >= 0.3 is 6.03 Å². The first-order chi connectivity index (χ1) is 10.1. The van der Waals surface area contributed by atoms with Crippen molar-refractivity contribution in [1.29, 1.82) is 0 Å². The SMILES string of the molecule is CCCN(CCC)C1CN(C(=O)Nc2ccc(Cl)cc2)C1. The van der Waals surface area contributed by atoms with Crippen molar-refractivity contribution in [2.75, 3.05) is 31.5 Å². The Bertz CT molecular complexity index is 451. The van der Waals surface area contributed by atoms with Crippen LogP contribution >= 0.6 is 11.6 Å². The Balaban J connectivity index is 1.80. The van der Waals surface area contributed by atoms with E-state index in [1.165, 1.54) is 0 Å². The molecule has 1 aliphatic heterocycles. The fraction of sp³-hybridized carbons (Fsp3) is 0.562. The van der Waals surface area contributed by atoms with Crippen LogP contribution in [0.3, 0.4) is 0 Å². The second-order valence-electron chi connectivity index (χ2n) is 5.53. The molecular formula is C16H24ClN3O. The fourth-order valence-corrected chi connectivity index (χ4v) is 2.77. The van der Waals surface area contributed by atoms with Gasteiger partial charge in [0.15, 0.2) is 0 Å². The molecule has 2 amide bonds. The van der Waals surface area contributed by atoms with Crippen molar-refractivity contribution in [3.8, 4) is 0 Å². The lowest BCUT2D eigenvalue weighted by molar-refractivity contribution is 0.0614. The molecule has 116 valence electrons. The molecule has 1 heterocycles. The van der Waals surface area contributed by atoms with Crippen LogP contribution in [0.5, 0.6) is 0 Å². The predicted molar refractivity (Wildman–Crippen MR) is 88.0 cm³/mol. The standard InChI is InChI=1S/C16H24ClN3O/c1-3-9-19(10-4-2)15-11-20(12-15)16(21)18-14-7-5-13(17)6-8-14/h5-8,15H,3-4,9-12H2,1-2H3,(H,18,21). The Morgan fingerprint density at radius 1 is 1.24 bits per heavy atom. The van der Waals surface area contributed by atoms with Crippen LogP contribution in [0.2, 0.25) is 5.02 Å². The molecule has 0 spiro atoms. The van der Waals surface area contributed by atoms with Gasteiger partial charge in [0.2, 0.25) is 0 Å². The minimum absolute atomic E-state index is 0.0264. The van der Waals surface area contributed by atoms with Crippen molar-refractivity contribution in [3.05, 3.63) is 29.3 Å². The van der Waals surface area contributed by atoms with E-state index >= 15 is 0 Å². The van der Waals surface area contributed by atoms with Gasteiger partial charge in [-0.3, -0.25) is 4.90 Å². The molecule has 0 atom stereocenters. The molecule has 5 heteroatoms. The van der Waals surface area contributed by atoms with Crippen molar-refractivity contribution >= 4 is 23.3 Å². The highest BCUT2D eigenvalue weighted by Gasteiger charge is 2.34. The first-order valence-corrected chi connectivity index (χ1v) is 8.07. The molecule has 0 aliphatic carbocycles. The smallest absolute Gasteiger partial charge is 0.321 e. The number of nitrogens with one attached hydrogen (secondary N) is 1. The highest BCUT2D eigenvalue weighted by molar-refractivity contribution is 6.30. The molecule has 1 aromatic rings. The predicted octanol–water partition coefficient (Wildman–Crippen LogP) is 3.68. The van der Waals surface area contributed by atoms with Gasteiger partial charge in [-0.1, -0.05) is 25.4 Å². The van der Waals surface area contributed by atoms with Crippen LogP contribution in [0, 0.1) is 0 Å². The van der Waals surface area contributed by atoms with E-state index in [1.54, 1.807) is 12.1 Å². The summed E-state index contributed by atoms with van der Waals surface area (Å²) in [6.07, 6.45) is 2.32. The van der Waals surface area contributed by atoms with Gasteiger partial charge in [0.05, 0.1) is 0 Å². The average molecular weight is 310 g/mol. The van der Waals surface area contributed by atoms with E-state index in [-0.39, 0.29) is 6.03 Å². The number of rotatable bonds is 6. The van der Waals surface area contributed by atoms with E-state index in [9.17, 15) is 4.79 Å². The lowest BCUT2D eigenvalue weighted by Crippen LogP contribution is -2.62. The molecule has 21 heavy (non-hydrogen) atoms. The van der Waals surface area contributed by atoms with Gasteiger partial charge in [-0.05, 0) is 50.2 Å². The first-order valence-electron chi connectivity index (χ1n) is 7.69. The van der Waals surface area contributed by atoms with Crippen LogP contribution in [-0.2, 0) is 0 Å².